The van der Waals surface area contributed by atoms with Gasteiger partial charge in [0.1, 0.15) is 5.82 Å². The number of hydrogen-bond acceptors (Lipinski definition) is 3. The van der Waals surface area contributed by atoms with Crippen molar-refractivity contribution in [3.05, 3.63) is 101 Å². The SMILES string of the molecule is O=C(Cc1ccc(-c2ccccc2)cc1)Nc1c2c(nn1-c1cccc(Cl)c1)CSC2. The standard InChI is InChI=1S/C25H20ClN3OS/c26-20-7-4-8-21(14-20)29-25(22-15-31-16-23(22)28-29)27-24(30)13-17-9-11-19(12-10-17)18-5-2-1-3-6-18/h1-12,14H,13,15-16H2,(H,27,30). The number of rotatable bonds is 5. The van der Waals surface area contributed by atoms with E-state index in [1.165, 1.54) is 0 Å². The van der Waals surface area contributed by atoms with Crippen molar-refractivity contribution in [3.8, 4) is 16.8 Å². The highest BCUT2D eigenvalue weighted by molar-refractivity contribution is 7.98. The van der Waals surface area contributed by atoms with Crippen LogP contribution >= 0.6 is 23.4 Å². The number of carbonyl (C=O) groups excluding carboxylic acids is 1. The number of halogens is 1. The molecule has 5 rings (SSSR count). The van der Waals surface area contributed by atoms with E-state index in [0.29, 0.717) is 11.4 Å². The number of amides is 1. The fourth-order valence-electron chi connectivity index (χ4n) is 3.74. The molecule has 154 valence electrons. The fourth-order valence-corrected chi connectivity index (χ4v) is 4.96. The zero-order valence-corrected chi connectivity index (χ0v) is 18.3. The maximum Gasteiger partial charge on any atom is 0.229 e. The normalized spacial score (nSPS) is 12.5. The second kappa shape index (κ2) is 8.61. The molecule has 1 aliphatic rings. The summed E-state index contributed by atoms with van der Waals surface area (Å²) < 4.78 is 1.80. The summed E-state index contributed by atoms with van der Waals surface area (Å²) in [6.45, 7) is 0. The molecule has 0 unspecified atom stereocenters. The lowest BCUT2D eigenvalue weighted by molar-refractivity contribution is -0.115. The third-order valence-electron chi connectivity index (χ3n) is 5.29. The summed E-state index contributed by atoms with van der Waals surface area (Å²) in [6.07, 6.45) is 0.303. The van der Waals surface area contributed by atoms with Gasteiger partial charge < -0.3 is 5.32 Å². The summed E-state index contributed by atoms with van der Waals surface area (Å²) in [5, 5.41) is 8.48. The quantitative estimate of drug-likeness (QED) is 0.402. The van der Waals surface area contributed by atoms with Gasteiger partial charge >= 0.3 is 0 Å². The van der Waals surface area contributed by atoms with Gasteiger partial charge in [-0.3, -0.25) is 4.79 Å². The first-order chi connectivity index (χ1) is 15.2. The van der Waals surface area contributed by atoms with Crippen LogP contribution in [0.2, 0.25) is 5.02 Å². The van der Waals surface area contributed by atoms with Gasteiger partial charge in [0, 0.05) is 22.1 Å². The Bertz CT molecular complexity index is 1240. The van der Waals surface area contributed by atoms with E-state index >= 15 is 0 Å². The van der Waals surface area contributed by atoms with Crippen LogP contribution in [0.25, 0.3) is 16.8 Å². The number of carbonyl (C=O) groups is 1. The zero-order chi connectivity index (χ0) is 21.2. The predicted molar refractivity (Wildman–Crippen MR) is 128 cm³/mol. The minimum absolute atomic E-state index is 0.0599. The van der Waals surface area contributed by atoms with Crippen molar-refractivity contribution >= 4 is 35.1 Å². The average Bonchev–Trinajstić information content (AvgIpc) is 3.38. The number of anilines is 1. The van der Waals surface area contributed by atoms with Crippen LogP contribution in [0.15, 0.2) is 78.9 Å². The van der Waals surface area contributed by atoms with Crippen LogP contribution in [0, 0.1) is 0 Å². The molecule has 0 bridgehead atoms. The molecule has 2 heterocycles. The number of nitrogens with one attached hydrogen (secondary N) is 1. The van der Waals surface area contributed by atoms with Gasteiger partial charge in [-0.2, -0.15) is 16.9 Å². The van der Waals surface area contributed by atoms with Crippen molar-refractivity contribution in [2.24, 2.45) is 0 Å². The second-order valence-corrected chi connectivity index (χ2v) is 8.87. The van der Waals surface area contributed by atoms with Crippen LogP contribution in [0.3, 0.4) is 0 Å². The second-order valence-electron chi connectivity index (χ2n) is 7.45. The van der Waals surface area contributed by atoms with Crippen LogP contribution < -0.4 is 5.32 Å². The molecule has 0 radical (unpaired) electrons. The zero-order valence-electron chi connectivity index (χ0n) is 16.7. The van der Waals surface area contributed by atoms with Crippen molar-refractivity contribution in [3.63, 3.8) is 0 Å². The topological polar surface area (TPSA) is 46.9 Å². The molecule has 0 saturated heterocycles. The highest BCUT2D eigenvalue weighted by Crippen LogP contribution is 2.36. The van der Waals surface area contributed by atoms with Gasteiger partial charge in [-0.15, -0.1) is 0 Å². The van der Waals surface area contributed by atoms with E-state index in [2.05, 4.69) is 29.6 Å². The Morgan fingerprint density at radius 2 is 1.74 bits per heavy atom. The summed E-state index contributed by atoms with van der Waals surface area (Å²) in [6, 6.07) is 25.9. The van der Waals surface area contributed by atoms with Gasteiger partial charge in [0.2, 0.25) is 5.91 Å². The number of nitrogens with zero attached hydrogens (tertiary/aromatic N) is 2. The molecule has 3 aromatic carbocycles. The Hall–Kier alpha value is -3.02. The fraction of sp³-hybridized carbons (Fsp3) is 0.120. The van der Waals surface area contributed by atoms with E-state index in [1.807, 2.05) is 66.4 Å². The Kier molecular flexibility index (Phi) is 5.53. The summed E-state index contributed by atoms with van der Waals surface area (Å²) in [5.74, 6) is 2.38. The van der Waals surface area contributed by atoms with Crippen molar-refractivity contribution in [2.45, 2.75) is 17.9 Å². The van der Waals surface area contributed by atoms with Crippen molar-refractivity contribution in [1.82, 2.24) is 9.78 Å². The minimum atomic E-state index is -0.0599. The highest BCUT2D eigenvalue weighted by Gasteiger charge is 2.24. The average molecular weight is 446 g/mol. The molecule has 4 nitrogen and oxygen atoms in total. The first kappa shape index (κ1) is 19.9. The minimum Gasteiger partial charge on any atom is -0.310 e. The van der Waals surface area contributed by atoms with Gasteiger partial charge in [0.05, 0.1) is 17.8 Å². The molecule has 0 atom stereocenters. The first-order valence-electron chi connectivity index (χ1n) is 10.1. The molecular formula is C25H20ClN3OS. The first-order valence-corrected chi connectivity index (χ1v) is 11.6. The summed E-state index contributed by atoms with van der Waals surface area (Å²) in [5.41, 5.74) is 6.23. The van der Waals surface area contributed by atoms with Crippen LogP contribution in [0.5, 0.6) is 0 Å². The smallest absolute Gasteiger partial charge is 0.229 e. The summed E-state index contributed by atoms with van der Waals surface area (Å²) in [4.78, 5) is 12.9. The Labute approximate surface area is 190 Å². The number of hydrogen-bond donors (Lipinski definition) is 1. The number of thioether (sulfide) groups is 1. The molecular weight excluding hydrogens is 426 g/mol. The predicted octanol–water partition coefficient (Wildman–Crippen LogP) is 6.12. The van der Waals surface area contributed by atoms with Crippen LogP contribution in [0.1, 0.15) is 16.8 Å². The molecule has 0 saturated carbocycles. The molecule has 1 amide bonds. The molecule has 0 spiro atoms. The Morgan fingerprint density at radius 3 is 2.52 bits per heavy atom. The number of benzene rings is 3. The molecule has 4 aromatic rings. The van der Waals surface area contributed by atoms with E-state index < -0.39 is 0 Å². The molecule has 6 heteroatoms. The molecule has 0 aliphatic carbocycles. The van der Waals surface area contributed by atoms with E-state index in [1.54, 1.807) is 4.68 Å². The lowest BCUT2D eigenvalue weighted by Gasteiger charge is -2.12. The number of fused-ring (bicyclic) bond motifs is 1. The summed E-state index contributed by atoms with van der Waals surface area (Å²) in [7, 11) is 0. The summed E-state index contributed by atoms with van der Waals surface area (Å²) >= 11 is 7.99. The van der Waals surface area contributed by atoms with Crippen LogP contribution in [-0.4, -0.2) is 15.7 Å². The van der Waals surface area contributed by atoms with E-state index in [4.69, 9.17) is 16.7 Å². The van der Waals surface area contributed by atoms with Gasteiger partial charge in [0.15, 0.2) is 0 Å². The lowest BCUT2D eigenvalue weighted by atomic mass is 10.0. The number of aromatic nitrogens is 2. The van der Waals surface area contributed by atoms with Gasteiger partial charge in [-0.05, 0) is 34.9 Å². The van der Waals surface area contributed by atoms with Crippen molar-refractivity contribution in [2.75, 3.05) is 5.32 Å². The van der Waals surface area contributed by atoms with Gasteiger partial charge in [-0.25, -0.2) is 4.68 Å². The van der Waals surface area contributed by atoms with Crippen molar-refractivity contribution in [1.29, 1.82) is 0 Å². The Morgan fingerprint density at radius 1 is 0.968 bits per heavy atom. The molecule has 1 aliphatic heterocycles. The monoisotopic (exact) mass is 445 g/mol. The largest absolute Gasteiger partial charge is 0.310 e. The highest BCUT2D eigenvalue weighted by atomic mass is 35.5. The van der Waals surface area contributed by atoms with Crippen LogP contribution in [-0.2, 0) is 22.7 Å². The van der Waals surface area contributed by atoms with E-state index in [-0.39, 0.29) is 5.91 Å². The molecule has 31 heavy (non-hydrogen) atoms. The third kappa shape index (κ3) is 4.24. The third-order valence-corrected chi connectivity index (χ3v) is 6.49. The van der Waals surface area contributed by atoms with Gasteiger partial charge in [0.25, 0.3) is 0 Å². The molecule has 1 aromatic heterocycles. The Balaban J connectivity index is 1.36. The molecule has 1 N–H and O–H groups in total. The van der Waals surface area contributed by atoms with Crippen LogP contribution in [0.4, 0.5) is 5.82 Å². The maximum absolute atomic E-state index is 12.9. The maximum atomic E-state index is 12.9. The van der Waals surface area contributed by atoms with E-state index in [0.717, 1.165) is 51.0 Å². The van der Waals surface area contributed by atoms with E-state index in [9.17, 15) is 4.79 Å². The molecule has 0 fully saturated rings. The van der Waals surface area contributed by atoms with Crippen molar-refractivity contribution < 1.29 is 4.79 Å². The lowest BCUT2D eigenvalue weighted by Crippen LogP contribution is -2.18. The van der Waals surface area contributed by atoms with Gasteiger partial charge in [-0.1, -0.05) is 72.3 Å².